The summed E-state index contributed by atoms with van der Waals surface area (Å²) in [7, 11) is 0. The standard InChI is InChI=1S/C31H46ClN3O3/c1-22(2)35-17-7-8-25(21-35)29(37)33-28(20-24-11-13-27(32)14-12-24)30(38)34-18-15-31(16-19-34,23(3)36)26-9-5-4-6-10-26/h11-14,22,25-26,28H,4-10,15-21H2,1-3H3,(H,33,37)/t25-,28+/m0/s1. The van der Waals surface area contributed by atoms with Crippen LogP contribution in [0.2, 0.25) is 5.02 Å². The summed E-state index contributed by atoms with van der Waals surface area (Å²) in [6.45, 7) is 8.98. The Labute approximate surface area is 233 Å². The summed E-state index contributed by atoms with van der Waals surface area (Å²) >= 11 is 6.10. The van der Waals surface area contributed by atoms with Gasteiger partial charge < -0.3 is 15.1 Å². The fourth-order valence-electron chi connectivity index (χ4n) is 7.08. The number of Topliss-reactive ketones (excluding diaryl/α,β-unsaturated/α-hetero) is 1. The minimum Gasteiger partial charge on any atom is -0.344 e. The molecule has 0 bridgehead atoms. The molecular weight excluding hydrogens is 498 g/mol. The smallest absolute Gasteiger partial charge is 0.245 e. The van der Waals surface area contributed by atoms with E-state index in [-0.39, 0.29) is 28.9 Å². The van der Waals surface area contributed by atoms with Crippen LogP contribution in [0, 0.1) is 17.3 Å². The van der Waals surface area contributed by atoms with Gasteiger partial charge in [-0.05, 0) is 89.5 Å². The Bertz CT molecular complexity index is 965. The van der Waals surface area contributed by atoms with E-state index in [4.69, 9.17) is 11.6 Å². The Morgan fingerprint density at radius 1 is 0.974 bits per heavy atom. The molecule has 210 valence electrons. The van der Waals surface area contributed by atoms with Crippen molar-refractivity contribution < 1.29 is 14.4 Å². The van der Waals surface area contributed by atoms with Gasteiger partial charge in [0.05, 0.1) is 5.92 Å². The number of halogens is 1. The third-order valence-electron chi connectivity index (χ3n) is 9.58. The number of benzene rings is 1. The Morgan fingerprint density at radius 3 is 2.24 bits per heavy atom. The molecule has 4 rings (SSSR count). The van der Waals surface area contributed by atoms with E-state index < -0.39 is 6.04 Å². The summed E-state index contributed by atoms with van der Waals surface area (Å²) in [5, 5.41) is 3.81. The second kappa shape index (κ2) is 13.0. The summed E-state index contributed by atoms with van der Waals surface area (Å²) in [6, 6.07) is 7.28. The van der Waals surface area contributed by atoms with E-state index >= 15 is 0 Å². The summed E-state index contributed by atoms with van der Waals surface area (Å²) < 4.78 is 0. The van der Waals surface area contributed by atoms with Gasteiger partial charge in [-0.1, -0.05) is 43.0 Å². The van der Waals surface area contributed by atoms with Crippen LogP contribution in [0.4, 0.5) is 0 Å². The summed E-state index contributed by atoms with van der Waals surface area (Å²) in [5.41, 5.74) is 0.673. The van der Waals surface area contributed by atoms with Crippen LogP contribution in [-0.4, -0.2) is 65.7 Å². The van der Waals surface area contributed by atoms with E-state index in [1.807, 2.05) is 29.2 Å². The van der Waals surface area contributed by atoms with Gasteiger partial charge in [0, 0.05) is 42.5 Å². The van der Waals surface area contributed by atoms with E-state index in [0.29, 0.717) is 36.5 Å². The number of piperidine rings is 2. The van der Waals surface area contributed by atoms with Crippen LogP contribution in [0.25, 0.3) is 0 Å². The number of nitrogens with zero attached hydrogens (tertiary/aromatic N) is 2. The molecule has 6 nitrogen and oxygen atoms in total. The second-order valence-corrected chi connectivity index (χ2v) is 12.6. The van der Waals surface area contributed by atoms with Gasteiger partial charge in [0.2, 0.25) is 11.8 Å². The zero-order valence-corrected chi connectivity index (χ0v) is 24.3. The van der Waals surface area contributed by atoms with Crippen molar-refractivity contribution in [3.05, 3.63) is 34.9 Å². The maximum absolute atomic E-state index is 13.9. The fourth-order valence-corrected chi connectivity index (χ4v) is 7.21. The van der Waals surface area contributed by atoms with Gasteiger partial charge in [-0.3, -0.25) is 14.4 Å². The zero-order valence-electron chi connectivity index (χ0n) is 23.5. The highest BCUT2D eigenvalue weighted by Gasteiger charge is 2.46. The fraction of sp³-hybridized carbons (Fsp3) is 0.710. The highest BCUT2D eigenvalue weighted by atomic mass is 35.5. The lowest BCUT2D eigenvalue weighted by Gasteiger charge is -2.47. The molecule has 2 atom stereocenters. The number of rotatable bonds is 8. The number of hydrogen-bond acceptors (Lipinski definition) is 4. The first-order valence-electron chi connectivity index (χ1n) is 14.8. The van der Waals surface area contributed by atoms with E-state index in [9.17, 15) is 14.4 Å². The summed E-state index contributed by atoms with van der Waals surface area (Å²) in [6.07, 6.45) is 9.64. The highest BCUT2D eigenvalue weighted by Crippen LogP contribution is 2.46. The van der Waals surface area contributed by atoms with Crippen molar-refractivity contribution in [2.45, 2.75) is 97.1 Å². The molecule has 0 unspecified atom stereocenters. The van der Waals surface area contributed by atoms with Crippen LogP contribution in [0.15, 0.2) is 24.3 Å². The topological polar surface area (TPSA) is 69.7 Å². The number of nitrogens with one attached hydrogen (secondary N) is 1. The molecule has 2 amide bonds. The second-order valence-electron chi connectivity index (χ2n) is 12.2. The number of amides is 2. The predicted molar refractivity (Wildman–Crippen MR) is 152 cm³/mol. The first-order chi connectivity index (χ1) is 18.2. The molecule has 2 saturated heterocycles. The quantitative estimate of drug-likeness (QED) is 0.485. The Balaban J connectivity index is 1.47. The first kappa shape index (κ1) is 29.1. The third kappa shape index (κ3) is 6.80. The predicted octanol–water partition coefficient (Wildman–Crippen LogP) is 5.27. The third-order valence-corrected chi connectivity index (χ3v) is 9.83. The summed E-state index contributed by atoms with van der Waals surface area (Å²) in [5.74, 6) is 0.551. The average molecular weight is 544 g/mol. The minimum absolute atomic E-state index is 0.0278. The van der Waals surface area contributed by atoms with Gasteiger partial charge in [0.25, 0.3) is 0 Å². The van der Waals surface area contributed by atoms with Gasteiger partial charge >= 0.3 is 0 Å². The zero-order chi connectivity index (χ0) is 27.3. The monoisotopic (exact) mass is 543 g/mol. The number of carbonyl (C=O) groups excluding carboxylic acids is 3. The van der Waals surface area contributed by atoms with Gasteiger partial charge in [-0.2, -0.15) is 0 Å². The van der Waals surface area contributed by atoms with Crippen LogP contribution in [-0.2, 0) is 20.8 Å². The normalized spacial score (nSPS) is 23.7. The maximum Gasteiger partial charge on any atom is 0.245 e. The van der Waals surface area contributed by atoms with E-state index in [0.717, 1.165) is 57.2 Å². The average Bonchev–Trinajstić information content (AvgIpc) is 2.94. The van der Waals surface area contributed by atoms with Crippen LogP contribution in [0.1, 0.15) is 84.1 Å². The molecular formula is C31H46ClN3O3. The van der Waals surface area contributed by atoms with Gasteiger partial charge in [0.15, 0.2) is 0 Å². The van der Waals surface area contributed by atoms with Crippen molar-refractivity contribution >= 4 is 29.2 Å². The molecule has 38 heavy (non-hydrogen) atoms. The molecule has 2 aliphatic heterocycles. The highest BCUT2D eigenvalue weighted by molar-refractivity contribution is 6.30. The van der Waals surface area contributed by atoms with Crippen LogP contribution >= 0.6 is 11.6 Å². The lowest BCUT2D eigenvalue weighted by molar-refractivity contribution is -0.144. The molecule has 0 spiro atoms. The van der Waals surface area contributed by atoms with E-state index in [1.54, 1.807) is 6.92 Å². The lowest BCUT2D eigenvalue weighted by atomic mass is 9.62. The molecule has 2 heterocycles. The molecule has 1 N–H and O–H groups in total. The Hall–Kier alpha value is -1.92. The minimum atomic E-state index is -0.627. The molecule has 1 aliphatic carbocycles. The van der Waals surface area contributed by atoms with Crippen molar-refractivity contribution in [1.29, 1.82) is 0 Å². The van der Waals surface area contributed by atoms with Crippen LogP contribution in [0.5, 0.6) is 0 Å². The van der Waals surface area contributed by atoms with Crippen LogP contribution in [0.3, 0.4) is 0 Å². The van der Waals surface area contributed by atoms with Gasteiger partial charge in [-0.15, -0.1) is 0 Å². The number of ketones is 1. The number of likely N-dealkylation sites (tertiary alicyclic amines) is 2. The van der Waals surface area contributed by atoms with Crippen molar-refractivity contribution in [2.75, 3.05) is 26.2 Å². The Kier molecular flexibility index (Phi) is 9.91. The van der Waals surface area contributed by atoms with E-state index in [2.05, 4.69) is 24.1 Å². The first-order valence-corrected chi connectivity index (χ1v) is 15.2. The molecule has 3 aliphatic rings. The molecule has 7 heteroatoms. The molecule has 3 fully saturated rings. The molecule has 1 aromatic rings. The molecule has 1 saturated carbocycles. The van der Waals surface area contributed by atoms with Crippen molar-refractivity contribution in [3.63, 3.8) is 0 Å². The van der Waals surface area contributed by atoms with Gasteiger partial charge in [-0.25, -0.2) is 0 Å². The summed E-state index contributed by atoms with van der Waals surface area (Å²) in [4.78, 5) is 44.5. The number of carbonyl (C=O) groups is 3. The Morgan fingerprint density at radius 2 is 1.63 bits per heavy atom. The van der Waals surface area contributed by atoms with Crippen molar-refractivity contribution in [2.24, 2.45) is 17.3 Å². The number of hydrogen-bond donors (Lipinski definition) is 1. The molecule has 1 aromatic carbocycles. The van der Waals surface area contributed by atoms with E-state index in [1.165, 1.54) is 19.3 Å². The molecule has 0 radical (unpaired) electrons. The van der Waals surface area contributed by atoms with Crippen molar-refractivity contribution in [3.8, 4) is 0 Å². The van der Waals surface area contributed by atoms with Crippen molar-refractivity contribution in [1.82, 2.24) is 15.1 Å². The largest absolute Gasteiger partial charge is 0.344 e. The van der Waals surface area contributed by atoms with Crippen LogP contribution < -0.4 is 5.32 Å². The SMILES string of the molecule is CC(=O)C1(C2CCCCC2)CCN(C(=O)[C@@H](Cc2ccc(Cl)cc2)NC(=O)[C@H]2CCCN(C(C)C)C2)CC1. The van der Waals surface area contributed by atoms with Gasteiger partial charge in [0.1, 0.15) is 11.8 Å². The maximum atomic E-state index is 13.9. The molecule has 0 aromatic heterocycles. The lowest BCUT2D eigenvalue weighted by Crippen LogP contribution is -2.56.